The zero-order chi connectivity index (χ0) is 29.3. The fraction of sp³-hybridized carbons (Fsp3) is 0.484. The molecular weight excluding hydrogens is 538 g/mol. The van der Waals surface area contributed by atoms with Gasteiger partial charge in [-0.25, -0.2) is 4.98 Å². The first-order valence-corrected chi connectivity index (χ1v) is 14.4. The molecule has 1 saturated heterocycles. The molecule has 0 unspecified atom stereocenters. The fourth-order valence-corrected chi connectivity index (χ4v) is 5.47. The fourth-order valence-electron chi connectivity index (χ4n) is 5.47. The summed E-state index contributed by atoms with van der Waals surface area (Å²) in [4.78, 5) is 11.3. The summed E-state index contributed by atoms with van der Waals surface area (Å²) < 4.78 is 28.5. The maximum absolute atomic E-state index is 9.91. The van der Waals surface area contributed by atoms with E-state index in [1.165, 1.54) is 0 Å². The average Bonchev–Trinajstić information content (AvgIpc) is 3.42. The Morgan fingerprint density at radius 2 is 1.60 bits per heavy atom. The van der Waals surface area contributed by atoms with Gasteiger partial charge in [0.05, 0.1) is 11.8 Å². The molecule has 11 nitrogen and oxygen atoms in total. The van der Waals surface area contributed by atoms with Gasteiger partial charge in [0.15, 0.2) is 0 Å². The standard InChI is InChI=1S/C31H41N5O6/c1-38-19-41-28-16-36(17-29(28)42-20-39-2)23-10-13-27(40-18-21-6-4-3-5-7-21)25(14-23)26-15-30(35-31(32)34-26)33-22-8-11-24(37)12-9-22/h3-7,10,13-15,22,24,28-29,37H,8-9,11-12,16-20H2,1-2H3,(H3,32,33,34,35)/t22?,24?,28-,29-/m0/s1. The van der Waals surface area contributed by atoms with E-state index in [9.17, 15) is 5.11 Å². The van der Waals surface area contributed by atoms with Crippen LogP contribution in [0, 0.1) is 0 Å². The molecule has 1 aliphatic carbocycles. The molecule has 5 rings (SSSR count). The largest absolute Gasteiger partial charge is 0.488 e. The Hall–Kier alpha value is -3.48. The number of aliphatic hydroxyl groups is 1. The van der Waals surface area contributed by atoms with Crippen molar-refractivity contribution < 1.29 is 28.8 Å². The van der Waals surface area contributed by atoms with Crippen molar-refractivity contribution in [2.75, 3.05) is 56.8 Å². The number of anilines is 3. The molecule has 1 aromatic heterocycles. The van der Waals surface area contributed by atoms with Gasteiger partial charge < -0.3 is 44.7 Å². The normalized spacial score (nSPS) is 22.3. The maximum atomic E-state index is 9.91. The van der Waals surface area contributed by atoms with Crippen molar-refractivity contribution in [1.29, 1.82) is 0 Å². The molecule has 1 saturated carbocycles. The minimum Gasteiger partial charge on any atom is -0.488 e. The highest BCUT2D eigenvalue weighted by atomic mass is 16.7. The van der Waals surface area contributed by atoms with Crippen LogP contribution in [-0.4, -0.2) is 80.3 Å². The van der Waals surface area contributed by atoms with Crippen LogP contribution in [0.3, 0.4) is 0 Å². The number of aliphatic hydroxyl groups excluding tert-OH is 1. The number of benzene rings is 2. The highest BCUT2D eigenvalue weighted by Gasteiger charge is 2.35. The van der Waals surface area contributed by atoms with Crippen molar-refractivity contribution in [3.8, 4) is 17.0 Å². The summed E-state index contributed by atoms with van der Waals surface area (Å²) >= 11 is 0. The predicted octanol–water partition coefficient (Wildman–Crippen LogP) is 3.82. The lowest BCUT2D eigenvalue weighted by Gasteiger charge is -2.26. The lowest BCUT2D eigenvalue weighted by molar-refractivity contribution is -0.139. The molecule has 1 aliphatic heterocycles. The number of nitrogen functional groups attached to an aromatic ring is 1. The zero-order valence-electron chi connectivity index (χ0n) is 24.3. The highest BCUT2D eigenvalue weighted by molar-refractivity contribution is 5.75. The lowest BCUT2D eigenvalue weighted by Crippen LogP contribution is -2.31. The van der Waals surface area contributed by atoms with Crippen molar-refractivity contribution in [2.45, 2.75) is 56.6 Å². The van der Waals surface area contributed by atoms with E-state index >= 15 is 0 Å². The summed E-state index contributed by atoms with van der Waals surface area (Å²) in [7, 11) is 3.21. The summed E-state index contributed by atoms with van der Waals surface area (Å²) in [6.45, 7) is 2.01. The molecular formula is C31H41N5O6. The third-order valence-electron chi connectivity index (χ3n) is 7.65. The van der Waals surface area contributed by atoms with Crippen LogP contribution in [0.25, 0.3) is 11.3 Å². The van der Waals surface area contributed by atoms with Gasteiger partial charge in [-0.1, -0.05) is 30.3 Å². The second-order valence-corrected chi connectivity index (χ2v) is 10.7. The topological polar surface area (TPSA) is 133 Å². The molecule has 0 radical (unpaired) electrons. The molecule has 0 bridgehead atoms. The van der Waals surface area contributed by atoms with E-state index in [4.69, 9.17) is 29.4 Å². The monoisotopic (exact) mass is 579 g/mol. The van der Waals surface area contributed by atoms with E-state index in [1.807, 2.05) is 48.5 Å². The second-order valence-electron chi connectivity index (χ2n) is 10.7. The van der Waals surface area contributed by atoms with Crippen LogP contribution in [-0.2, 0) is 25.6 Å². The van der Waals surface area contributed by atoms with Gasteiger partial charge in [-0.2, -0.15) is 4.98 Å². The van der Waals surface area contributed by atoms with Crippen LogP contribution >= 0.6 is 0 Å². The highest BCUT2D eigenvalue weighted by Crippen LogP contribution is 2.36. The van der Waals surface area contributed by atoms with Crippen LogP contribution in [0.2, 0.25) is 0 Å². The van der Waals surface area contributed by atoms with Gasteiger partial charge in [0.2, 0.25) is 5.95 Å². The number of ether oxygens (including phenoxy) is 5. The first kappa shape index (κ1) is 30.0. The molecule has 2 fully saturated rings. The molecule has 42 heavy (non-hydrogen) atoms. The van der Waals surface area contributed by atoms with Gasteiger partial charge >= 0.3 is 0 Å². The van der Waals surface area contributed by atoms with Gasteiger partial charge in [0.1, 0.15) is 44.0 Å². The average molecular weight is 580 g/mol. The molecule has 2 heterocycles. The molecule has 226 valence electrons. The van der Waals surface area contributed by atoms with Crippen molar-refractivity contribution in [3.05, 3.63) is 60.2 Å². The summed E-state index contributed by atoms with van der Waals surface area (Å²) in [5.74, 6) is 1.51. The molecule has 11 heteroatoms. The van der Waals surface area contributed by atoms with Crippen LogP contribution in [0.1, 0.15) is 31.2 Å². The predicted molar refractivity (Wildman–Crippen MR) is 160 cm³/mol. The molecule has 3 aromatic rings. The number of nitrogens with one attached hydrogen (secondary N) is 1. The van der Waals surface area contributed by atoms with Crippen LogP contribution in [0.5, 0.6) is 5.75 Å². The van der Waals surface area contributed by atoms with Gasteiger partial charge in [-0.3, -0.25) is 0 Å². The van der Waals surface area contributed by atoms with Gasteiger partial charge in [0, 0.05) is 50.7 Å². The number of hydrogen-bond donors (Lipinski definition) is 3. The van der Waals surface area contributed by atoms with E-state index in [2.05, 4.69) is 26.3 Å². The first-order chi connectivity index (χ1) is 20.5. The Balaban J connectivity index is 1.43. The number of rotatable bonds is 13. The number of aromatic nitrogens is 2. The summed E-state index contributed by atoms with van der Waals surface area (Å²) in [5, 5.41) is 13.4. The first-order valence-electron chi connectivity index (χ1n) is 14.4. The Labute approximate surface area is 246 Å². The number of hydrogen-bond acceptors (Lipinski definition) is 11. The lowest BCUT2D eigenvalue weighted by atomic mass is 9.93. The quantitative estimate of drug-likeness (QED) is 0.255. The van der Waals surface area contributed by atoms with Crippen molar-refractivity contribution in [2.24, 2.45) is 0 Å². The Bertz CT molecular complexity index is 1260. The number of methoxy groups -OCH3 is 2. The van der Waals surface area contributed by atoms with Crippen molar-refractivity contribution >= 4 is 17.5 Å². The van der Waals surface area contributed by atoms with Crippen molar-refractivity contribution in [1.82, 2.24) is 9.97 Å². The van der Waals surface area contributed by atoms with E-state index in [-0.39, 0.29) is 43.9 Å². The SMILES string of the molecule is COCO[C@H]1CN(c2ccc(OCc3ccccc3)c(-c3cc(NC4CCC(O)CC4)nc(N)n3)c2)C[C@@H]1OCOC. The van der Waals surface area contributed by atoms with E-state index in [0.717, 1.165) is 42.5 Å². The van der Waals surface area contributed by atoms with E-state index in [1.54, 1.807) is 14.2 Å². The van der Waals surface area contributed by atoms with E-state index in [0.29, 0.717) is 37.0 Å². The Morgan fingerprint density at radius 3 is 2.26 bits per heavy atom. The third kappa shape index (κ3) is 7.87. The summed E-state index contributed by atoms with van der Waals surface area (Å²) in [5.41, 5.74) is 9.71. The minimum absolute atomic E-state index is 0.174. The second kappa shape index (κ2) is 14.6. The Morgan fingerprint density at radius 1 is 0.905 bits per heavy atom. The van der Waals surface area contributed by atoms with Crippen molar-refractivity contribution in [3.63, 3.8) is 0 Å². The van der Waals surface area contributed by atoms with Gasteiger partial charge in [-0.05, 0) is 49.4 Å². The summed E-state index contributed by atoms with van der Waals surface area (Å²) in [6.07, 6.45) is 2.68. The molecule has 0 spiro atoms. The van der Waals surface area contributed by atoms with Gasteiger partial charge in [0.25, 0.3) is 0 Å². The van der Waals surface area contributed by atoms with Crippen LogP contribution in [0.4, 0.5) is 17.5 Å². The van der Waals surface area contributed by atoms with Crippen LogP contribution < -0.4 is 20.7 Å². The minimum atomic E-state index is -0.231. The molecule has 2 aromatic carbocycles. The third-order valence-corrected chi connectivity index (χ3v) is 7.65. The zero-order valence-corrected chi connectivity index (χ0v) is 24.3. The number of nitrogens with zero attached hydrogens (tertiary/aromatic N) is 3. The van der Waals surface area contributed by atoms with Gasteiger partial charge in [-0.15, -0.1) is 0 Å². The Kier molecular flexibility index (Phi) is 10.4. The maximum Gasteiger partial charge on any atom is 0.222 e. The molecule has 2 aliphatic rings. The summed E-state index contributed by atoms with van der Waals surface area (Å²) in [6, 6.07) is 18.2. The number of nitrogens with two attached hydrogens (primary N) is 1. The molecule has 4 N–H and O–H groups in total. The molecule has 0 amide bonds. The van der Waals surface area contributed by atoms with Crippen LogP contribution in [0.15, 0.2) is 54.6 Å². The molecule has 2 atom stereocenters. The van der Waals surface area contributed by atoms with E-state index < -0.39 is 0 Å². The smallest absolute Gasteiger partial charge is 0.222 e.